The fourth-order valence-corrected chi connectivity index (χ4v) is 4.64. The van der Waals surface area contributed by atoms with Crippen LogP contribution in [0.3, 0.4) is 0 Å². The van der Waals surface area contributed by atoms with Crippen molar-refractivity contribution in [2.24, 2.45) is 5.41 Å². The summed E-state index contributed by atoms with van der Waals surface area (Å²) in [6, 6.07) is 9.37. The van der Waals surface area contributed by atoms with Crippen LogP contribution in [-0.4, -0.2) is 48.4 Å². The summed E-state index contributed by atoms with van der Waals surface area (Å²) < 4.78 is 16.7. The number of aryl methyl sites for hydroxylation is 1. The third-order valence-corrected chi connectivity index (χ3v) is 7.03. The van der Waals surface area contributed by atoms with E-state index in [0.29, 0.717) is 23.9 Å². The number of pyridine rings is 2. The predicted molar refractivity (Wildman–Crippen MR) is 143 cm³/mol. The number of piperidine rings is 1. The van der Waals surface area contributed by atoms with Crippen LogP contribution >= 0.6 is 0 Å². The van der Waals surface area contributed by atoms with Crippen molar-refractivity contribution in [3.8, 4) is 28.5 Å². The van der Waals surface area contributed by atoms with Gasteiger partial charge in [0.05, 0.1) is 38.2 Å². The van der Waals surface area contributed by atoms with Crippen molar-refractivity contribution in [1.82, 2.24) is 9.97 Å². The molecule has 3 heterocycles. The van der Waals surface area contributed by atoms with E-state index in [0.717, 1.165) is 59.7 Å². The molecule has 8 nitrogen and oxygen atoms in total. The molecule has 37 heavy (non-hydrogen) atoms. The Morgan fingerprint density at radius 1 is 1.03 bits per heavy atom. The van der Waals surface area contributed by atoms with Crippen LogP contribution in [0.1, 0.15) is 43.5 Å². The largest absolute Gasteiger partial charge is 0.497 e. The number of ether oxygens (including phenoxy) is 3. The number of nitrogens with zero attached hydrogens (tertiary/aromatic N) is 3. The molecule has 4 rings (SSSR count). The van der Waals surface area contributed by atoms with Crippen LogP contribution in [0.4, 0.5) is 5.69 Å². The maximum atomic E-state index is 11.7. The third kappa shape index (κ3) is 6.13. The highest BCUT2D eigenvalue weighted by Crippen LogP contribution is 2.39. The SMILES string of the molecule is COc1ccc(COc2ccc(-c3cnc(C)c(CC(=O)O)c3N3CCC(C)(C)CC3)nc2)c(OC)c1. The lowest BCUT2D eigenvalue weighted by molar-refractivity contribution is -0.136. The molecule has 0 saturated carbocycles. The monoisotopic (exact) mass is 505 g/mol. The van der Waals surface area contributed by atoms with Crippen LogP contribution in [0.25, 0.3) is 11.3 Å². The van der Waals surface area contributed by atoms with E-state index in [2.05, 4.69) is 28.7 Å². The van der Waals surface area contributed by atoms with Crippen LogP contribution in [-0.2, 0) is 17.8 Å². The van der Waals surface area contributed by atoms with Crippen LogP contribution in [0, 0.1) is 12.3 Å². The molecule has 1 aliphatic rings. The maximum absolute atomic E-state index is 11.7. The van der Waals surface area contributed by atoms with Crippen molar-refractivity contribution in [2.75, 3.05) is 32.2 Å². The number of hydrogen-bond acceptors (Lipinski definition) is 7. The number of benzene rings is 1. The molecule has 0 spiro atoms. The number of methoxy groups -OCH3 is 2. The zero-order chi connectivity index (χ0) is 26.6. The minimum absolute atomic E-state index is 0.0766. The first-order valence-electron chi connectivity index (χ1n) is 12.5. The molecule has 196 valence electrons. The number of aliphatic carboxylic acids is 1. The van der Waals surface area contributed by atoms with Crippen molar-refractivity contribution < 1.29 is 24.1 Å². The van der Waals surface area contributed by atoms with Gasteiger partial charge in [-0.25, -0.2) is 0 Å². The molecule has 0 atom stereocenters. The Bertz CT molecular complexity index is 1250. The Balaban J connectivity index is 1.60. The Kier molecular flexibility index (Phi) is 7.86. The third-order valence-electron chi connectivity index (χ3n) is 7.03. The number of rotatable bonds is 9. The molecule has 3 aromatic rings. The van der Waals surface area contributed by atoms with Gasteiger partial charge in [0.2, 0.25) is 0 Å². The number of carboxylic acids is 1. The van der Waals surface area contributed by atoms with Gasteiger partial charge in [0, 0.05) is 47.7 Å². The molecule has 0 amide bonds. The van der Waals surface area contributed by atoms with Crippen molar-refractivity contribution >= 4 is 11.7 Å². The van der Waals surface area contributed by atoms with Crippen molar-refractivity contribution in [3.05, 3.63) is 59.5 Å². The highest BCUT2D eigenvalue weighted by Gasteiger charge is 2.29. The summed E-state index contributed by atoms with van der Waals surface area (Å²) in [6.07, 6.45) is 5.49. The molecular weight excluding hydrogens is 470 g/mol. The van der Waals surface area contributed by atoms with Crippen molar-refractivity contribution in [1.29, 1.82) is 0 Å². The molecular formula is C29H35N3O5. The van der Waals surface area contributed by atoms with Crippen molar-refractivity contribution in [3.63, 3.8) is 0 Å². The van der Waals surface area contributed by atoms with Crippen LogP contribution in [0.2, 0.25) is 0 Å². The second-order valence-corrected chi connectivity index (χ2v) is 10.2. The zero-order valence-corrected chi connectivity index (χ0v) is 22.2. The highest BCUT2D eigenvalue weighted by molar-refractivity contribution is 5.83. The van der Waals surface area contributed by atoms with Gasteiger partial charge in [-0.05, 0) is 49.4 Å². The number of aromatic nitrogens is 2. The Labute approximate surface area is 218 Å². The van der Waals surface area contributed by atoms with E-state index in [1.54, 1.807) is 26.6 Å². The first kappa shape index (κ1) is 26.3. The molecule has 1 N–H and O–H groups in total. The highest BCUT2D eigenvalue weighted by atomic mass is 16.5. The topological polar surface area (TPSA) is 94.0 Å². The summed E-state index contributed by atoms with van der Waals surface area (Å²) in [4.78, 5) is 23.2. The second kappa shape index (κ2) is 11.1. The van der Waals surface area contributed by atoms with E-state index < -0.39 is 5.97 Å². The molecule has 2 aromatic heterocycles. The molecule has 1 aliphatic heterocycles. The van der Waals surface area contributed by atoms with E-state index in [4.69, 9.17) is 14.2 Å². The Morgan fingerprint density at radius 3 is 2.38 bits per heavy atom. The molecule has 1 fully saturated rings. The number of carbonyl (C=O) groups is 1. The van der Waals surface area contributed by atoms with Gasteiger partial charge in [-0.15, -0.1) is 0 Å². The average Bonchev–Trinajstić information content (AvgIpc) is 2.89. The van der Waals surface area contributed by atoms with Gasteiger partial charge in [0.1, 0.15) is 23.9 Å². The predicted octanol–water partition coefficient (Wildman–Crippen LogP) is 5.30. The lowest BCUT2D eigenvalue weighted by Crippen LogP contribution is -2.38. The normalized spacial score (nSPS) is 14.8. The maximum Gasteiger partial charge on any atom is 0.307 e. The molecule has 1 saturated heterocycles. The van der Waals surface area contributed by atoms with Crippen LogP contribution in [0.15, 0.2) is 42.7 Å². The summed E-state index contributed by atoms with van der Waals surface area (Å²) in [5.74, 6) is 1.16. The standard InChI is InChI=1S/C29H35N3O5/c1-19-23(15-27(33)34)28(32-12-10-29(2,3)11-13-32)24(17-30-19)25-9-8-22(16-31-25)37-18-20-6-7-21(35-4)14-26(20)36-5/h6-9,14,16-17H,10-13,15,18H2,1-5H3,(H,33,34). The van der Waals surface area contributed by atoms with Gasteiger partial charge in [-0.3, -0.25) is 14.8 Å². The minimum atomic E-state index is -0.869. The van der Waals surface area contributed by atoms with E-state index in [-0.39, 0.29) is 11.8 Å². The van der Waals surface area contributed by atoms with Gasteiger partial charge < -0.3 is 24.2 Å². The van der Waals surface area contributed by atoms with E-state index in [9.17, 15) is 9.90 Å². The average molecular weight is 506 g/mol. The van der Waals surface area contributed by atoms with Gasteiger partial charge in [0.25, 0.3) is 0 Å². The minimum Gasteiger partial charge on any atom is -0.497 e. The van der Waals surface area contributed by atoms with E-state index in [1.165, 1.54) is 0 Å². The smallest absolute Gasteiger partial charge is 0.307 e. The number of hydrogen-bond donors (Lipinski definition) is 1. The number of anilines is 1. The van der Waals surface area contributed by atoms with Gasteiger partial charge >= 0.3 is 5.97 Å². The Morgan fingerprint density at radius 2 is 1.76 bits per heavy atom. The van der Waals surface area contributed by atoms with Crippen LogP contribution in [0.5, 0.6) is 17.2 Å². The second-order valence-electron chi connectivity index (χ2n) is 10.2. The summed E-state index contributed by atoms with van der Waals surface area (Å²) in [7, 11) is 3.23. The molecule has 0 aliphatic carbocycles. The van der Waals surface area contributed by atoms with Gasteiger partial charge in [-0.2, -0.15) is 0 Å². The van der Waals surface area contributed by atoms with Crippen LogP contribution < -0.4 is 19.1 Å². The quantitative estimate of drug-likeness (QED) is 0.419. The summed E-state index contributed by atoms with van der Waals surface area (Å²) in [5, 5.41) is 9.62. The van der Waals surface area contributed by atoms with E-state index >= 15 is 0 Å². The first-order valence-corrected chi connectivity index (χ1v) is 12.5. The zero-order valence-electron chi connectivity index (χ0n) is 22.2. The molecule has 0 radical (unpaired) electrons. The Hall–Kier alpha value is -3.81. The fourth-order valence-electron chi connectivity index (χ4n) is 4.64. The van der Waals surface area contributed by atoms with Gasteiger partial charge in [-0.1, -0.05) is 13.8 Å². The van der Waals surface area contributed by atoms with Crippen molar-refractivity contribution in [2.45, 2.75) is 46.6 Å². The molecule has 1 aromatic carbocycles. The summed E-state index contributed by atoms with van der Waals surface area (Å²) >= 11 is 0. The lowest BCUT2D eigenvalue weighted by Gasteiger charge is -2.40. The molecule has 8 heteroatoms. The van der Waals surface area contributed by atoms with Gasteiger partial charge in [0.15, 0.2) is 0 Å². The first-order chi connectivity index (χ1) is 17.7. The fraction of sp³-hybridized carbons (Fsp3) is 0.414. The number of carboxylic acid groups (broad SMARTS) is 1. The molecule has 0 bridgehead atoms. The molecule has 0 unspecified atom stereocenters. The van der Waals surface area contributed by atoms with E-state index in [1.807, 2.05) is 37.3 Å². The lowest BCUT2D eigenvalue weighted by atomic mass is 9.82. The summed E-state index contributed by atoms with van der Waals surface area (Å²) in [5.41, 5.74) is 5.14. The summed E-state index contributed by atoms with van der Waals surface area (Å²) in [6.45, 7) is 8.48.